The summed E-state index contributed by atoms with van der Waals surface area (Å²) in [6, 6.07) is 7.65. The molecule has 2 heterocycles. The number of ketones is 1. The normalized spacial score (nSPS) is 18.2. The van der Waals surface area contributed by atoms with Gasteiger partial charge in [-0.1, -0.05) is 29.8 Å². The van der Waals surface area contributed by atoms with Gasteiger partial charge in [-0.2, -0.15) is 5.26 Å². The molecule has 1 fully saturated rings. The van der Waals surface area contributed by atoms with Crippen LogP contribution in [0, 0.1) is 25.2 Å². The Hall–Kier alpha value is -2.92. The highest BCUT2D eigenvalue weighted by atomic mass is 32.2. The average molecular weight is 386 g/mol. The number of rotatable bonds is 3. The number of pyridine rings is 1. The number of aromatic nitrogens is 1. The van der Waals surface area contributed by atoms with Crippen molar-refractivity contribution in [2.24, 2.45) is 0 Å². The average Bonchev–Trinajstić information content (AvgIpc) is 2.95. The maximum Gasteiger partial charge on any atom is 0.271 e. The first-order chi connectivity index (χ1) is 12.7. The second kappa shape index (κ2) is 6.67. The van der Waals surface area contributed by atoms with Gasteiger partial charge in [0, 0.05) is 5.56 Å². The van der Waals surface area contributed by atoms with Crippen molar-refractivity contribution in [2.45, 2.75) is 26.3 Å². The van der Waals surface area contributed by atoms with Gasteiger partial charge in [0.1, 0.15) is 11.6 Å². The van der Waals surface area contributed by atoms with Crippen LogP contribution in [0.1, 0.15) is 45.1 Å². The van der Waals surface area contributed by atoms with Crippen LogP contribution in [0.25, 0.3) is 0 Å². The Balaban J connectivity index is 2.24. The molecule has 1 unspecified atom stereocenters. The first kappa shape index (κ1) is 18.9. The molecule has 8 heteroatoms. The van der Waals surface area contributed by atoms with Crippen LogP contribution in [0.5, 0.6) is 5.88 Å². The molecule has 1 aromatic carbocycles. The van der Waals surface area contributed by atoms with E-state index < -0.39 is 33.1 Å². The molecule has 7 nitrogen and oxygen atoms in total. The lowest BCUT2D eigenvalue weighted by molar-refractivity contribution is 0.103. The summed E-state index contributed by atoms with van der Waals surface area (Å²) in [5.74, 6) is -1.55. The molecular weight excluding hydrogens is 368 g/mol. The summed E-state index contributed by atoms with van der Waals surface area (Å²) in [6.07, 6.45) is 0.141. The Bertz CT molecular complexity index is 1140. The van der Waals surface area contributed by atoms with E-state index in [1.54, 1.807) is 30.3 Å². The molecule has 1 aliphatic heterocycles. The van der Waals surface area contributed by atoms with E-state index in [1.165, 1.54) is 6.92 Å². The Morgan fingerprint density at radius 3 is 2.41 bits per heavy atom. The van der Waals surface area contributed by atoms with Crippen LogP contribution in [0.4, 0.5) is 0 Å². The second-order valence-electron chi connectivity index (χ2n) is 6.74. The monoisotopic (exact) mass is 386 g/mol. The Labute approximate surface area is 156 Å². The van der Waals surface area contributed by atoms with Crippen LogP contribution in [-0.4, -0.2) is 35.4 Å². The third kappa shape index (κ3) is 3.26. The van der Waals surface area contributed by atoms with Crippen molar-refractivity contribution in [1.29, 1.82) is 5.26 Å². The van der Waals surface area contributed by atoms with Crippen molar-refractivity contribution in [1.82, 2.24) is 4.57 Å². The molecule has 1 saturated heterocycles. The SMILES string of the molecule is Cc1ccc(C(=O)c2c(C)c(C#N)c(=O)n(C3CCS(=O)(=O)C3)c2O)cc1. The van der Waals surface area contributed by atoms with Gasteiger partial charge in [0.25, 0.3) is 5.56 Å². The van der Waals surface area contributed by atoms with Gasteiger partial charge >= 0.3 is 0 Å². The second-order valence-corrected chi connectivity index (χ2v) is 8.97. The number of hydrogen-bond donors (Lipinski definition) is 1. The third-order valence-corrected chi connectivity index (χ3v) is 6.61. The molecule has 27 heavy (non-hydrogen) atoms. The van der Waals surface area contributed by atoms with E-state index in [2.05, 4.69) is 0 Å². The van der Waals surface area contributed by atoms with Crippen LogP contribution < -0.4 is 5.56 Å². The van der Waals surface area contributed by atoms with Gasteiger partial charge < -0.3 is 5.11 Å². The van der Waals surface area contributed by atoms with Gasteiger partial charge in [-0.25, -0.2) is 8.42 Å². The van der Waals surface area contributed by atoms with Crippen molar-refractivity contribution < 1.29 is 18.3 Å². The minimum Gasteiger partial charge on any atom is -0.494 e. The lowest BCUT2D eigenvalue weighted by atomic mass is 9.96. The number of nitrogens with zero attached hydrogens (tertiary/aromatic N) is 2. The Morgan fingerprint density at radius 1 is 1.26 bits per heavy atom. The first-order valence-corrected chi connectivity index (χ1v) is 10.2. The molecule has 0 saturated carbocycles. The lowest BCUT2D eigenvalue weighted by Crippen LogP contribution is -2.30. The highest BCUT2D eigenvalue weighted by Gasteiger charge is 2.34. The fraction of sp³-hybridized carbons (Fsp3) is 0.316. The van der Waals surface area contributed by atoms with Gasteiger partial charge in [0.05, 0.1) is 23.1 Å². The number of nitriles is 1. The zero-order chi connectivity index (χ0) is 19.9. The number of aromatic hydroxyl groups is 1. The van der Waals surface area contributed by atoms with Crippen LogP contribution in [0.2, 0.25) is 0 Å². The Morgan fingerprint density at radius 2 is 1.89 bits per heavy atom. The van der Waals surface area contributed by atoms with Crippen LogP contribution in [0.15, 0.2) is 29.1 Å². The van der Waals surface area contributed by atoms with Gasteiger partial charge in [-0.05, 0) is 25.8 Å². The molecule has 1 aromatic heterocycles. The minimum atomic E-state index is -3.34. The summed E-state index contributed by atoms with van der Waals surface area (Å²) >= 11 is 0. The predicted octanol–water partition coefficient (Wildman–Crippen LogP) is 1.63. The van der Waals surface area contributed by atoms with Crippen molar-refractivity contribution >= 4 is 15.6 Å². The van der Waals surface area contributed by atoms with Gasteiger partial charge in [-0.3, -0.25) is 14.2 Å². The molecule has 0 aliphatic carbocycles. The lowest BCUT2D eigenvalue weighted by Gasteiger charge is -2.19. The number of benzene rings is 1. The number of hydrogen-bond acceptors (Lipinski definition) is 6. The number of carbonyl (C=O) groups is 1. The molecule has 0 bridgehead atoms. The summed E-state index contributed by atoms with van der Waals surface area (Å²) < 4.78 is 24.5. The van der Waals surface area contributed by atoms with Crippen molar-refractivity contribution in [3.05, 3.63) is 62.4 Å². The topological polar surface area (TPSA) is 117 Å². The quantitative estimate of drug-likeness (QED) is 0.801. The third-order valence-electron chi connectivity index (χ3n) is 4.86. The standard InChI is InChI=1S/C19H18N2O5S/c1-11-3-5-13(6-4-11)17(22)16-12(2)15(9-20)18(23)21(19(16)24)14-7-8-27(25,26)10-14/h3-6,14,24H,7-8,10H2,1-2H3. The van der Waals surface area contributed by atoms with Gasteiger partial charge in [0.15, 0.2) is 15.6 Å². The van der Waals surface area contributed by atoms with Crippen molar-refractivity contribution in [2.75, 3.05) is 11.5 Å². The minimum absolute atomic E-state index is 0.0858. The molecule has 0 amide bonds. The van der Waals surface area contributed by atoms with E-state index in [4.69, 9.17) is 0 Å². The molecule has 140 valence electrons. The summed E-state index contributed by atoms with van der Waals surface area (Å²) in [4.78, 5) is 25.6. The molecule has 0 spiro atoms. The largest absolute Gasteiger partial charge is 0.494 e. The zero-order valence-electron chi connectivity index (χ0n) is 14.9. The van der Waals surface area contributed by atoms with Crippen molar-refractivity contribution in [3.8, 4) is 11.9 Å². The fourth-order valence-corrected chi connectivity index (χ4v) is 5.06. The Kier molecular flexibility index (Phi) is 4.66. The molecule has 1 N–H and O–H groups in total. The molecule has 1 atom stereocenters. The van der Waals surface area contributed by atoms with Crippen LogP contribution in [0.3, 0.4) is 0 Å². The molecule has 1 aliphatic rings. The molecule has 2 aromatic rings. The smallest absolute Gasteiger partial charge is 0.271 e. The van der Waals surface area contributed by atoms with Gasteiger partial charge in [0.2, 0.25) is 5.88 Å². The van der Waals surface area contributed by atoms with E-state index in [9.17, 15) is 28.4 Å². The number of carbonyl (C=O) groups excluding carboxylic acids is 1. The molecular formula is C19H18N2O5S. The zero-order valence-corrected chi connectivity index (χ0v) is 15.7. The summed E-state index contributed by atoms with van der Waals surface area (Å²) in [6.45, 7) is 3.29. The fourth-order valence-electron chi connectivity index (χ4n) is 3.36. The summed E-state index contributed by atoms with van der Waals surface area (Å²) in [5, 5.41) is 20.1. The van der Waals surface area contributed by atoms with E-state index in [0.29, 0.717) is 5.56 Å². The number of sulfone groups is 1. The summed E-state index contributed by atoms with van der Waals surface area (Å²) in [7, 11) is -3.34. The summed E-state index contributed by atoms with van der Waals surface area (Å²) in [5.41, 5.74) is 0.128. The maximum absolute atomic E-state index is 13.0. The van der Waals surface area contributed by atoms with Crippen LogP contribution in [-0.2, 0) is 9.84 Å². The predicted molar refractivity (Wildman–Crippen MR) is 98.7 cm³/mol. The maximum atomic E-state index is 13.0. The van der Waals surface area contributed by atoms with Crippen LogP contribution >= 0.6 is 0 Å². The van der Waals surface area contributed by atoms with E-state index in [0.717, 1.165) is 10.1 Å². The highest BCUT2D eigenvalue weighted by Crippen LogP contribution is 2.31. The highest BCUT2D eigenvalue weighted by molar-refractivity contribution is 7.91. The molecule has 0 radical (unpaired) electrons. The van der Waals surface area contributed by atoms with Gasteiger partial charge in [-0.15, -0.1) is 0 Å². The van der Waals surface area contributed by atoms with E-state index in [1.807, 2.05) is 6.92 Å². The van der Waals surface area contributed by atoms with Crippen molar-refractivity contribution in [3.63, 3.8) is 0 Å². The van der Waals surface area contributed by atoms with E-state index in [-0.39, 0.29) is 34.6 Å². The number of aryl methyl sites for hydroxylation is 1. The first-order valence-electron chi connectivity index (χ1n) is 8.36. The van der Waals surface area contributed by atoms with E-state index >= 15 is 0 Å². The molecule has 3 rings (SSSR count).